The van der Waals surface area contributed by atoms with Crippen LogP contribution in [0, 0.1) is 6.92 Å². The lowest BCUT2D eigenvalue weighted by atomic mass is 10.1. The summed E-state index contributed by atoms with van der Waals surface area (Å²) in [5.41, 5.74) is 2.39. The van der Waals surface area contributed by atoms with E-state index in [2.05, 4.69) is 53.6 Å². The van der Waals surface area contributed by atoms with E-state index >= 15 is 0 Å². The number of anilines is 1. The van der Waals surface area contributed by atoms with E-state index in [1.165, 1.54) is 22.5 Å². The number of rotatable bonds is 8. The van der Waals surface area contributed by atoms with Gasteiger partial charge in [-0.15, -0.1) is 10.2 Å². The number of hydrogen-bond acceptors (Lipinski definition) is 5. The van der Waals surface area contributed by atoms with Crippen LogP contribution in [0.3, 0.4) is 0 Å². The van der Waals surface area contributed by atoms with E-state index < -0.39 is 0 Å². The summed E-state index contributed by atoms with van der Waals surface area (Å²) in [7, 11) is 0. The van der Waals surface area contributed by atoms with Crippen molar-refractivity contribution in [3.63, 3.8) is 0 Å². The fraction of sp³-hybridized carbons (Fsp3) is 0.471. The molecule has 0 aliphatic rings. The first-order valence-electron chi connectivity index (χ1n) is 8.17. The van der Waals surface area contributed by atoms with Gasteiger partial charge in [0.25, 0.3) is 0 Å². The number of aliphatic hydroxyl groups is 1. The van der Waals surface area contributed by atoms with Crippen molar-refractivity contribution in [2.75, 3.05) is 25.0 Å². The standard InChI is InChI=1S/C17H24N4O2S/c1-3-4-9-21(10-11-22)17(23)18-16-20-19-15(24-16)12-14-7-5-13(2)6-8-14/h5-8,22H,3-4,9-12H2,1-2H3,(H,18,20,23). The number of urea groups is 1. The number of carbonyl (C=O) groups is 1. The second-order valence-corrected chi connectivity index (χ2v) is 6.72. The van der Waals surface area contributed by atoms with Crippen molar-refractivity contribution in [2.24, 2.45) is 0 Å². The van der Waals surface area contributed by atoms with Crippen LogP contribution in [0.15, 0.2) is 24.3 Å². The van der Waals surface area contributed by atoms with Crippen LogP contribution < -0.4 is 5.32 Å². The van der Waals surface area contributed by atoms with Crippen LogP contribution in [0.2, 0.25) is 0 Å². The highest BCUT2D eigenvalue weighted by Crippen LogP contribution is 2.19. The Kier molecular flexibility index (Phi) is 7.14. The van der Waals surface area contributed by atoms with Crippen molar-refractivity contribution >= 4 is 22.5 Å². The Morgan fingerprint density at radius 3 is 2.67 bits per heavy atom. The third-order valence-corrected chi connectivity index (χ3v) is 4.43. The quantitative estimate of drug-likeness (QED) is 0.768. The largest absolute Gasteiger partial charge is 0.395 e. The molecule has 0 bridgehead atoms. The van der Waals surface area contributed by atoms with Gasteiger partial charge in [-0.3, -0.25) is 5.32 Å². The summed E-state index contributed by atoms with van der Waals surface area (Å²) < 4.78 is 0. The predicted molar refractivity (Wildman–Crippen MR) is 96.5 cm³/mol. The number of unbranched alkanes of at least 4 members (excludes halogenated alkanes) is 1. The maximum absolute atomic E-state index is 12.3. The zero-order chi connectivity index (χ0) is 17.4. The number of amides is 2. The number of aliphatic hydroxyl groups excluding tert-OH is 1. The third kappa shape index (κ3) is 5.58. The summed E-state index contributed by atoms with van der Waals surface area (Å²) in [6, 6.07) is 8.04. The van der Waals surface area contributed by atoms with Crippen LogP contribution in [0.4, 0.5) is 9.93 Å². The average molecular weight is 348 g/mol. The number of carbonyl (C=O) groups excluding carboxylic acids is 1. The molecule has 2 aromatic rings. The molecule has 6 nitrogen and oxygen atoms in total. The molecule has 0 aliphatic carbocycles. The summed E-state index contributed by atoms with van der Waals surface area (Å²) in [4.78, 5) is 13.9. The van der Waals surface area contributed by atoms with Gasteiger partial charge in [-0.1, -0.05) is 54.5 Å². The Morgan fingerprint density at radius 2 is 2.00 bits per heavy atom. The molecule has 0 unspecified atom stereocenters. The number of aryl methyl sites for hydroxylation is 1. The smallest absolute Gasteiger partial charge is 0.323 e. The van der Waals surface area contributed by atoms with Crippen LogP contribution in [-0.2, 0) is 6.42 Å². The zero-order valence-corrected chi connectivity index (χ0v) is 15.0. The van der Waals surface area contributed by atoms with E-state index in [-0.39, 0.29) is 12.6 Å². The number of hydrogen-bond donors (Lipinski definition) is 2. The highest BCUT2D eigenvalue weighted by Gasteiger charge is 2.15. The molecule has 1 aromatic carbocycles. The molecule has 0 spiro atoms. The maximum atomic E-state index is 12.3. The summed E-state index contributed by atoms with van der Waals surface area (Å²) in [6.07, 6.45) is 2.60. The molecule has 1 heterocycles. The summed E-state index contributed by atoms with van der Waals surface area (Å²) in [5.74, 6) is 0. The van der Waals surface area contributed by atoms with Crippen molar-refractivity contribution in [1.82, 2.24) is 15.1 Å². The minimum Gasteiger partial charge on any atom is -0.395 e. The zero-order valence-electron chi connectivity index (χ0n) is 14.2. The number of aromatic nitrogens is 2. The summed E-state index contributed by atoms with van der Waals surface area (Å²) in [6.45, 7) is 5.01. The molecule has 0 saturated heterocycles. The highest BCUT2D eigenvalue weighted by atomic mass is 32.1. The van der Waals surface area contributed by atoms with Gasteiger partial charge in [0.2, 0.25) is 5.13 Å². The minimum absolute atomic E-state index is 0.0497. The van der Waals surface area contributed by atoms with Crippen LogP contribution in [-0.4, -0.2) is 45.9 Å². The molecule has 0 saturated carbocycles. The van der Waals surface area contributed by atoms with Crippen molar-refractivity contribution in [3.8, 4) is 0 Å². The Labute approximate surface area is 146 Å². The van der Waals surface area contributed by atoms with Gasteiger partial charge in [-0.2, -0.15) is 0 Å². The normalized spacial score (nSPS) is 10.6. The van der Waals surface area contributed by atoms with E-state index in [9.17, 15) is 4.79 Å². The SMILES string of the molecule is CCCCN(CCO)C(=O)Nc1nnc(Cc2ccc(C)cc2)s1. The average Bonchev–Trinajstić information content (AvgIpc) is 3.00. The molecule has 24 heavy (non-hydrogen) atoms. The van der Waals surface area contributed by atoms with Crippen LogP contribution in [0.5, 0.6) is 0 Å². The van der Waals surface area contributed by atoms with E-state index in [1.54, 1.807) is 4.90 Å². The monoisotopic (exact) mass is 348 g/mol. The summed E-state index contributed by atoms with van der Waals surface area (Å²) in [5, 5.41) is 21.4. The molecule has 0 atom stereocenters. The van der Waals surface area contributed by atoms with Crippen LogP contribution in [0.1, 0.15) is 35.9 Å². The molecule has 2 rings (SSSR count). The van der Waals surface area contributed by atoms with Crippen LogP contribution >= 0.6 is 11.3 Å². The van der Waals surface area contributed by atoms with Gasteiger partial charge in [-0.05, 0) is 18.9 Å². The molecule has 0 radical (unpaired) electrons. The molecule has 7 heteroatoms. The van der Waals surface area contributed by atoms with Gasteiger partial charge in [0.15, 0.2) is 0 Å². The van der Waals surface area contributed by atoms with E-state index in [0.29, 0.717) is 24.6 Å². The first kappa shape index (κ1) is 18.4. The maximum Gasteiger partial charge on any atom is 0.323 e. The van der Waals surface area contributed by atoms with Crippen molar-refractivity contribution in [2.45, 2.75) is 33.1 Å². The minimum atomic E-state index is -0.240. The summed E-state index contributed by atoms with van der Waals surface area (Å²) >= 11 is 1.38. The first-order chi connectivity index (χ1) is 11.6. The topological polar surface area (TPSA) is 78.4 Å². The lowest BCUT2D eigenvalue weighted by molar-refractivity contribution is 0.187. The fourth-order valence-electron chi connectivity index (χ4n) is 2.21. The molecule has 1 aromatic heterocycles. The van der Waals surface area contributed by atoms with E-state index in [4.69, 9.17) is 5.11 Å². The molecular formula is C17H24N4O2S. The van der Waals surface area contributed by atoms with Gasteiger partial charge in [0, 0.05) is 19.5 Å². The second kappa shape index (κ2) is 9.34. The highest BCUT2D eigenvalue weighted by molar-refractivity contribution is 7.15. The molecule has 2 amide bonds. The second-order valence-electron chi connectivity index (χ2n) is 5.66. The molecule has 2 N–H and O–H groups in total. The predicted octanol–water partition coefficient (Wildman–Crippen LogP) is 3.06. The van der Waals surface area contributed by atoms with Crippen LogP contribution in [0.25, 0.3) is 0 Å². The van der Waals surface area contributed by atoms with Gasteiger partial charge in [0.05, 0.1) is 6.61 Å². The Balaban J connectivity index is 1.94. The lowest BCUT2D eigenvalue weighted by Crippen LogP contribution is -2.37. The fourth-order valence-corrected chi connectivity index (χ4v) is 2.97. The first-order valence-corrected chi connectivity index (χ1v) is 8.98. The van der Waals surface area contributed by atoms with Crippen molar-refractivity contribution in [1.29, 1.82) is 0 Å². The molecule has 130 valence electrons. The van der Waals surface area contributed by atoms with Crippen molar-refractivity contribution < 1.29 is 9.90 Å². The lowest BCUT2D eigenvalue weighted by Gasteiger charge is -2.20. The van der Waals surface area contributed by atoms with E-state index in [1.807, 2.05) is 0 Å². The molecule has 0 fully saturated rings. The van der Waals surface area contributed by atoms with Gasteiger partial charge >= 0.3 is 6.03 Å². The Morgan fingerprint density at radius 1 is 1.25 bits per heavy atom. The Bertz CT molecular complexity index is 642. The number of nitrogens with zero attached hydrogens (tertiary/aromatic N) is 3. The number of nitrogens with one attached hydrogen (secondary N) is 1. The Hall–Kier alpha value is -1.99. The van der Waals surface area contributed by atoms with Gasteiger partial charge < -0.3 is 10.0 Å². The number of benzene rings is 1. The van der Waals surface area contributed by atoms with Gasteiger partial charge in [-0.25, -0.2) is 4.79 Å². The van der Waals surface area contributed by atoms with Gasteiger partial charge in [0.1, 0.15) is 5.01 Å². The van der Waals surface area contributed by atoms with E-state index in [0.717, 1.165) is 17.8 Å². The third-order valence-electron chi connectivity index (χ3n) is 3.60. The van der Waals surface area contributed by atoms with Crippen molar-refractivity contribution in [3.05, 3.63) is 40.4 Å². The molecular weight excluding hydrogens is 324 g/mol. The molecule has 0 aliphatic heterocycles.